The number of methoxy groups -OCH3 is 1. The number of hydrogen-bond donors (Lipinski definition) is 1. The lowest BCUT2D eigenvalue weighted by molar-refractivity contribution is -0.274. The van der Waals surface area contributed by atoms with Crippen molar-refractivity contribution in [2.75, 3.05) is 7.11 Å². The Morgan fingerprint density at radius 3 is 2.35 bits per heavy atom. The molecule has 0 spiro atoms. The van der Waals surface area contributed by atoms with Crippen molar-refractivity contribution in [3.8, 4) is 22.6 Å². The van der Waals surface area contributed by atoms with Crippen LogP contribution in [0.3, 0.4) is 0 Å². The average molecular weight is 348 g/mol. The van der Waals surface area contributed by atoms with E-state index < -0.39 is 6.36 Å². The van der Waals surface area contributed by atoms with Crippen LogP contribution in [0.25, 0.3) is 11.1 Å². The van der Waals surface area contributed by atoms with E-state index in [9.17, 15) is 13.2 Å². The molecule has 0 saturated carbocycles. The first-order valence-corrected chi connectivity index (χ1v) is 6.58. The van der Waals surface area contributed by atoms with Crippen LogP contribution in [0.15, 0.2) is 36.4 Å². The highest BCUT2D eigenvalue weighted by molar-refractivity contribution is 5.85. The van der Waals surface area contributed by atoms with Gasteiger partial charge < -0.3 is 15.2 Å². The molecule has 0 amide bonds. The summed E-state index contributed by atoms with van der Waals surface area (Å²) in [6.45, 7) is 2.04. The Balaban J connectivity index is 0.00000264. The molecule has 2 aromatic carbocycles. The first-order valence-electron chi connectivity index (χ1n) is 6.58. The van der Waals surface area contributed by atoms with Gasteiger partial charge >= 0.3 is 6.36 Å². The van der Waals surface area contributed by atoms with E-state index in [-0.39, 0.29) is 24.7 Å². The maximum atomic E-state index is 12.5. The van der Waals surface area contributed by atoms with Gasteiger partial charge in [-0.25, -0.2) is 0 Å². The highest BCUT2D eigenvalue weighted by atomic mass is 35.5. The van der Waals surface area contributed by atoms with Gasteiger partial charge in [0.25, 0.3) is 0 Å². The van der Waals surface area contributed by atoms with Gasteiger partial charge in [0.05, 0.1) is 7.11 Å². The third-order valence-corrected chi connectivity index (χ3v) is 3.20. The second-order valence-electron chi connectivity index (χ2n) is 4.73. The fourth-order valence-electron chi connectivity index (χ4n) is 2.36. The highest BCUT2D eigenvalue weighted by Gasteiger charge is 2.32. The molecule has 0 radical (unpaired) electrons. The molecule has 7 heteroatoms. The zero-order valence-corrected chi connectivity index (χ0v) is 13.4. The van der Waals surface area contributed by atoms with Gasteiger partial charge in [-0.2, -0.15) is 0 Å². The summed E-state index contributed by atoms with van der Waals surface area (Å²) in [6, 6.07) is 9.46. The van der Waals surface area contributed by atoms with E-state index in [1.807, 2.05) is 6.92 Å². The number of nitrogens with two attached hydrogens (primary N) is 1. The van der Waals surface area contributed by atoms with Crippen molar-refractivity contribution in [3.63, 3.8) is 0 Å². The van der Waals surface area contributed by atoms with Gasteiger partial charge in [0.15, 0.2) is 0 Å². The Bertz CT molecular complexity index is 675. The minimum absolute atomic E-state index is 0. The third kappa shape index (κ3) is 4.53. The number of hydrogen-bond acceptors (Lipinski definition) is 3. The summed E-state index contributed by atoms with van der Waals surface area (Å²) in [5, 5.41) is 0. The third-order valence-electron chi connectivity index (χ3n) is 3.20. The molecular weight excluding hydrogens is 331 g/mol. The molecule has 0 bridgehead atoms. The smallest absolute Gasteiger partial charge is 0.496 e. The van der Waals surface area contributed by atoms with Crippen LogP contribution in [0.2, 0.25) is 0 Å². The van der Waals surface area contributed by atoms with Gasteiger partial charge in [-0.05, 0) is 36.2 Å². The lowest BCUT2D eigenvalue weighted by Crippen LogP contribution is -2.17. The Morgan fingerprint density at radius 1 is 1.13 bits per heavy atom. The van der Waals surface area contributed by atoms with Crippen molar-refractivity contribution in [1.82, 2.24) is 0 Å². The zero-order chi connectivity index (χ0) is 16.3. The fraction of sp³-hybridized carbons (Fsp3) is 0.250. The Kier molecular flexibility index (Phi) is 6.29. The van der Waals surface area contributed by atoms with Crippen molar-refractivity contribution in [1.29, 1.82) is 0 Å². The molecule has 3 nitrogen and oxygen atoms in total. The monoisotopic (exact) mass is 347 g/mol. The van der Waals surface area contributed by atoms with Gasteiger partial charge in [0.1, 0.15) is 11.5 Å². The van der Waals surface area contributed by atoms with Crippen LogP contribution in [0.4, 0.5) is 13.2 Å². The normalized spacial score (nSPS) is 10.9. The second-order valence-corrected chi connectivity index (χ2v) is 4.73. The Morgan fingerprint density at radius 2 is 1.78 bits per heavy atom. The molecule has 0 heterocycles. The molecule has 0 unspecified atom stereocenters. The van der Waals surface area contributed by atoms with E-state index in [2.05, 4.69) is 4.74 Å². The van der Waals surface area contributed by atoms with E-state index >= 15 is 0 Å². The zero-order valence-electron chi connectivity index (χ0n) is 12.6. The summed E-state index contributed by atoms with van der Waals surface area (Å²) in [7, 11) is 1.53. The fourth-order valence-corrected chi connectivity index (χ4v) is 2.36. The molecule has 0 fully saturated rings. The molecule has 0 atom stereocenters. The second kappa shape index (κ2) is 7.57. The summed E-state index contributed by atoms with van der Waals surface area (Å²) >= 11 is 0. The van der Waals surface area contributed by atoms with Crippen LogP contribution < -0.4 is 15.2 Å². The molecule has 23 heavy (non-hydrogen) atoms. The molecule has 0 aliphatic rings. The van der Waals surface area contributed by atoms with Crippen molar-refractivity contribution in [2.45, 2.75) is 19.8 Å². The number of para-hydroxylation sites is 1. The number of rotatable bonds is 4. The van der Waals surface area contributed by atoms with Crippen LogP contribution in [0.1, 0.15) is 11.1 Å². The molecule has 0 aromatic heterocycles. The van der Waals surface area contributed by atoms with Gasteiger partial charge in [0, 0.05) is 17.7 Å². The van der Waals surface area contributed by atoms with Crippen molar-refractivity contribution in [3.05, 3.63) is 47.5 Å². The van der Waals surface area contributed by atoms with Crippen molar-refractivity contribution < 1.29 is 22.6 Å². The van der Waals surface area contributed by atoms with Gasteiger partial charge in [-0.1, -0.05) is 18.2 Å². The van der Waals surface area contributed by atoms with E-state index in [1.54, 1.807) is 24.3 Å². The van der Waals surface area contributed by atoms with Crippen molar-refractivity contribution in [2.24, 2.45) is 5.73 Å². The summed E-state index contributed by atoms with van der Waals surface area (Å²) < 4.78 is 46.9. The van der Waals surface area contributed by atoms with E-state index in [0.717, 1.165) is 11.1 Å². The standard InChI is InChI=1S/C16H16F3NO2.ClH/c1-10-7-11(8-12(9-20)15(10)21-2)13-5-3-4-6-14(13)22-16(17,18)19;/h3-8H,9,20H2,1-2H3;1H. The number of halogens is 4. The predicted molar refractivity (Wildman–Crippen MR) is 85.0 cm³/mol. The number of alkyl halides is 3. The van der Waals surface area contributed by atoms with Gasteiger partial charge in [0.2, 0.25) is 0 Å². The molecule has 2 aromatic rings. The summed E-state index contributed by atoms with van der Waals surface area (Å²) in [5.74, 6) is 0.392. The first kappa shape index (κ1) is 19.1. The van der Waals surface area contributed by atoms with Crippen LogP contribution in [-0.2, 0) is 6.54 Å². The van der Waals surface area contributed by atoms with Crippen LogP contribution >= 0.6 is 12.4 Å². The minimum Gasteiger partial charge on any atom is -0.496 e. The lowest BCUT2D eigenvalue weighted by atomic mass is 9.98. The maximum absolute atomic E-state index is 12.5. The average Bonchev–Trinajstić information content (AvgIpc) is 2.45. The molecule has 0 saturated heterocycles. The van der Waals surface area contributed by atoms with Crippen LogP contribution in [0, 0.1) is 6.92 Å². The topological polar surface area (TPSA) is 44.5 Å². The molecule has 0 aliphatic heterocycles. The molecule has 2 rings (SSSR count). The van der Waals surface area contributed by atoms with Gasteiger partial charge in [-0.3, -0.25) is 0 Å². The quantitative estimate of drug-likeness (QED) is 0.888. The lowest BCUT2D eigenvalue weighted by Gasteiger charge is -2.16. The van der Waals surface area contributed by atoms with Crippen LogP contribution in [0.5, 0.6) is 11.5 Å². The number of benzene rings is 2. The van der Waals surface area contributed by atoms with Gasteiger partial charge in [-0.15, -0.1) is 25.6 Å². The molecular formula is C16H17ClF3NO2. The molecule has 2 N–H and O–H groups in total. The maximum Gasteiger partial charge on any atom is 0.573 e. The summed E-state index contributed by atoms with van der Waals surface area (Å²) in [4.78, 5) is 0. The SMILES string of the molecule is COc1c(C)cc(-c2ccccc2OC(F)(F)F)cc1CN.Cl. The highest BCUT2D eigenvalue weighted by Crippen LogP contribution is 2.37. The predicted octanol–water partition coefficient (Wildman–Crippen LogP) is 4.45. The number of aryl methyl sites for hydroxylation is 1. The first-order chi connectivity index (χ1) is 10.4. The van der Waals surface area contributed by atoms with Crippen LogP contribution in [-0.4, -0.2) is 13.5 Å². The summed E-state index contributed by atoms with van der Waals surface area (Å²) in [6.07, 6.45) is -4.74. The summed E-state index contributed by atoms with van der Waals surface area (Å²) in [5.41, 5.74) is 8.15. The Labute approximate surface area is 138 Å². The minimum atomic E-state index is -4.74. The van der Waals surface area contributed by atoms with Crippen molar-refractivity contribution >= 4 is 12.4 Å². The van der Waals surface area contributed by atoms with E-state index in [4.69, 9.17) is 10.5 Å². The number of ether oxygens (including phenoxy) is 2. The Hall–Kier alpha value is -1.92. The molecule has 126 valence electrons. The molecule has 0 aliphatic carbocycles. The largest absolute Gasteiger partial charge is 0.573 e. The van der Waals surface area contributed by atoms with E-state index in [0.29, 0.717) is 16.9 Å². The van der Waals surface area contributed by atoms with E-state index in [1.165, 1.54) is 19.2 Å².